The van der Waals surface area contributed by atoms with Crippen LogP contribution in [0.15, 0.2) is 12.4 Å². The van der Waals surface area contributed by atoms with Crippen molar-refractivity contribution in [3.63, 3.8) is 0 Å². The molecule has 0 bridgehead atoms. The SMILES string of the molecule is CC(C)C(CNCC(O)Cn1cc([N+](=O)[O-])cn1)C(C)C. The van der Waals surface area contributed by atoms with E-state index < -0.39 is 11.0 Å². The van der Waals surface area contributed by atoms with E-state index in [-0.39, 0.29) is 12.2 Å². The van der Waals surface area contributed by atoms with E-state index >= 15 is 0 Å². The molecule has 0 fully saturated rings. The average molecular weight is 298 g/mol. The Morgan fingerprint density at radius 1 is 1.33 bits per heavy atom. The Morgan fingerprint density at radius 2 is 1.95 bits per heavy atom. The molecule has 0 saturated heterocycles. The van der Waals surface area contributed by atoms with Gasteiger partial charge in [-0.1, -0.05) is 27.7 Å². The first-order chi connectivity index (χ1) is 9.81. The summed E-state index contributed by atoms with van der Waals surface area (Å²) in [6, 6.07) is 0. The number of aliphatic hydroxyl groups excluding tert-OH is 1. The minimum Gasteiger partial charge on any atom is -0.390 e. The van der Waals surface area contributed by atoms with Crippen LogP contribution in [0.25, 0.3) is 0 Å². The van der Waals surface area contributed by atoms with Crippen molar-refractivity contribution < 1.29 is 10.0 Å². The third kappa shape index (κ3) is 5.81. The van der Waals surface area contributed by atoms with Gasteiger partial charge in [-0.15, -0.1) is 0 Å². The second-order valence-electron chi connectivity index (χ2n) is 6.14. The third-order valence-corrected chi connectivity index (χ3v) is 3.70. The van der Waals surface area contributed by atoms with Crippen LogP contribution in [-0.4, -0.2) is 39.0 Å². The van der Waals surface area contributed by atoms with Gasteiger partial charge in [0.1, 0.15) is 12.4 Å². The van der Waals surface area contributed by atoms with Crippen LogP contribution in [0.1, 0.15) is 27.7 Å². The molecule has 0 saturated carbocycles. The van der Waals surface area contributed by atoms with Gasteiger partial charge in [0.2, 0.25) is 0 Å². The molecule has 0 aromatic carbocycles. The molecule has 2 N–H and O–H groups in total. The van der Waals surface area contributed by atoms with Crippen LogP contribution in [-0.2, 0) is 6.54 Å². The lowest BCUT2D eigenvalue weighted by Gasteiger charge is -2.25. The van der Waals surface area contributed by atoms with Gasteiger partial charge in [0.15, 0.2) is 0 Å². The molecule has 7 nitrogen and oxygen atoms in total. The van der Waals surface area contributed by atoms with Crippen LogP contribution in [0, 0.1) is 27.9 Å². The maximum atomic E-state index is 10.6. The fraction of sp³-hybridized carbons (Fsp3) is 0.786. The quantitative estimate of drug-likeness (QED) is 0.534. The number of nitro groups is 1. The zero-order chi connectivity index (χ0) is 16.0. The minimum atomic E-state index is -0.621. The van der Waals surface area contributed by atoms with Crippen molar-refractivity contribution in [3.05, 3.63) is 22.5 Å². The summed E-state index contributed by atoms with van der Waals surface area (Å²) in [6.07, 6.45) is 1.89. The maximum Gasteiger partial charge on any atom is 0.306 e. The number of rotatable bonds is 9. The Labute approximate surface area is 125 Å². The van der Waals surface area contributed by atoms with Crippen LogP contribution in [0.2, 0.25) is 0 Å². The minimum absolute atomic E-state index is 0.0603. The molecule has 1 heterocycles. The van der Waals surface area contributed by atoms with E-state index in [2.05, 4.69) is 38.1 Å². The van der Waals surface area contributed by atoms with Crippen LogP contribution < -0.4 is 5.32 Å². The molecule has 1 rings (SSSR count). The topological polar surface area (TPSA) is 93.2 Å². The van der Waals surface area contributed by atoms with E-state index in [1.165, 1.54) is 17.1 Å². The van der Waals surface area contributed by atoms with Gasteiger partial charge in [0.05, 0.1) is 17.6 Å². The van der Waals surface area contributed by atoms with Crippen molar-refractivity contribution in [2.45, 2.75) is 40.3 Å². The van der Waals surface area contributed by atoms with Crippen LogP contribution in [0.3, 0.4) is 0 Å². The number of aromatic nitrogens is 2. The highest BCUT2D eigenvalue weighted by molar-refractivity contribution is 5.20. The first-order valence-corrected chi connectivity index (χ1v) is 7.36. The summed E-state index contributed by atoms with van der Waals surface area (Å²) in [4.78, 5) is 10.1. The molecule has 0 aliphatic heterocycles. The van der Waals surface area contributed by atoms with Gasteiger partial charge in [0, 0.05) is 6.54 Å². The molecule has 1 aromatic heterocycles. The summed E-state index contributed by atoms with van der Waals surface area (Å²) >= 11 is 0. The van der Waals surface area contributed by atoms with E-state index in [9.17, 15) is 15.2 Å². The summed E-state index contributed by atoms with van der Waals surface area (Å²) in [5.74, 6) is 1.73. The fourth-order valence-electron chi connectivity index (χ4n) is 2.49. The molecule has 0 spiro atoms. The van der Waals surface area contributed by atoms with Gasteiger partial charge in [-0.2, -0.15) is 5.10 Å². The number of hydrogen-bond acceptors (Lipinski definition) is 5. The zero-order valence-corrected chi connectivity index (χ0v) is 13.2. The molecule has 0 amide bonds. The van der Waals surface area contributed by atoms with Crippen molar-refractivity contribution in [2.24, 2.45) is 17.8 Å². The molecule has 120 valence electrons. The Morgan fingerprint density at radius 3 is 2.43 bits per heavy atom. The molecule has 7 heteroatoms. The first kappa shape index (κ1) is 17.6. The van der Waals surface area contributed by atoms with Crippen molar-refractivity contribution in [1.82, 2.24) is 15.1 Å². The highest BCUT2D eigenvalue weighted by Gasteiger charge is 2.17. The maximum absolute atomic E-state index is 10.6. The lowest BCUT2D eigenvalue weighted by molar-refractivity contribution is -0.385. The highest BCUT2D eigenvalue weighted by Crippen LogP contribution is 2.19. The molecular weight excluding hydrogens is 272 g/mol. The summed E-state index contributed by atoms with van der Waals surface area (Å²) in [5.41, 5.74) is -0.0603. The zero-order valence-electron chi connectivity index (χ0n) is 13.2. The molecule has 1 aromatic rings. The van der Waals surface area contributed by atoms with Gasteiger partial charge in [-0.25, -0.2) is 0 Å². The van der Waals surface area contributed by atoms with Gasteiger partial charge >= 0.3 is 5.69 Å². The summed E-state index contributed by atoms with van der Waals surface area (Å²) in [6.45, 7) is 10.3. The summed E-state index contributed by atoms with van der Waals surface area (Å²) in [5, 5.41) is 27.6. The Kier molecular flexibility index (Phi) is 6.77. The number of aliphatic hydroxyl groups is 1. The van der Waals surface area contributed by atoms with Crippen molar-refractivity contribution >= 4 is 5.69 Å². The molecule has 1 unspecified atom stereocenters. The van der Waals surface area contributed by atoms with Crippen molar-refractivity contribution in [1.29, 1.82) is 0 Å². The molecule has 21 heavy (non-hydrogen) atoms. The van der Waals surface area contributed by atoms with Crippen LogP contribution in [0.5, 0.6) is 0 Å². The summed E-state index contributed by atoms with van der Waals surface area (Å²) in [7, 11) is 0. The highest BCUT2D eigenvalue weighted by atomic mass is 16.6. The van der Waals surface area contributed by atoms with Gasteiger partial charge < -0.3 is 10.4 Å². The second-order valence-corrected chi connectivity index (χ2v) is 6.14. The molecule has 0 aliphatic rings. The number of nitrogens with one attached hydrogen (secondary N) is 1. The number of nitrogens with zero attached hydrogens (tertiary/aromatic N) is 3. The lowest BCUT2D eigenvalue weighted by Crippen LogP contribution is -2.36. The van der Waals surface area contributed by atoms with Gasteiger partial charge in [-0.3, -0.25) is 14.8 Å². The van der Waals surface area contributed by atoms with E-state index in [4.69, 9.17) is 0 Å². The predicted molar refractivity (Wildman–Crippen MR) is 80.9 cm³/mol. The molecule has 0 radical (unpaired) electrons. The predicted octanol–water partition coefficient (Wildman–Crippen LogP) is 1.67. The second kappa shape index (κ2) is 8.09. The monoisotopic (exact) mass is 298 g/mol. The van der Waals surface area contributed by atoms with E-state index in [1.807, 2.05) is 0 Å². The first-order valence-electron chi connectivity index (χ1n) is 7.36. The van der Waals surface area contributed by atoms with Gasteiger partial charge in [-0.05, 0) is 24.3 Å². The van der Waals surface area contributed by atoms with E-state index in [1.54, 1.807) is 0 Å². The Bertz CT molecular complexity index is 437. The largest absolute Gasteiger partial charge is 0.390 e. The molecular formula is C14H26N4O3. The standard InChI is InChI=1S/C14H26N4O3/c1-10(2)14(11(3)4)7-15-6-13(19)9-17-8-12(5-16-17)18(20)21/h5,8,10-11,13-15,19H,6-7,9H2,1-4H3. The Balaban J connectivity index is 2.36. The lowest BCUT2D eigenvalue weighted by atomic mass is 9.85. The summed E-state index contributed by atoms with van der Waals surface area (Å²) < 4.78 is 1.40. The van der Waals surface area contributed by atoms with Crippen molar-refractivity contribution in [3.8, 4) is 0 Å². The van der Waals surface area contributed by atoms with Gasteiger partial charge in [0.25, 0.3) is 0 Å². The molecule has 0 aliphatic carbocycles. The van der Waals surface area contributed by atoms with E-state index in [0.29, 0.717) is 24.3 Å². The Hall–Kier alpha value is -1.47. The smallest absolute Gasteiger partial charge is 0.306 e. The normalized spacial score (nSPS) is 13.3. The fourth-order valence-corrected chi connectivity index (χ4v) is 2.49. The average Bonchev–Trinajstić information content (AvgIpc) is 2.82. The molecule has 1 atom stereocenters. The van der Waals surface area contributed by atoms with Crippen molar-refractivity contribution in [2.75, 3.05) is 13.1 Å². The van der Waals surface area contributed by atoms with Crippen LogP contribution in [0.4, 0.5) is 5.69 Å². The number of hydrogen-bond donors (Lipinski definition) is 2. The van der Waals surface area contributed by atoms with Crippen LogP contribution >= 0.6 is 0 Å². The third-order valence-electron chi connectivity index (χ3n) is 3.70. The van der Waals surface area contributed by atoms with E-state index in [0.717, 1.165) is 6.54 Å².